The van der Waals surface area contributed by atoms with Gasteiger partial charge in [-0.25, -0.2) is 8.42 Å². The normalized spacial score (nSPS) is 11.8. The van der Waals surface area contributed by atoms with Gasteiger partial charge < -0.3 is 0 Å². The molecule has 3 heteroatoms. The summed E-state index contributed by atoms with van der Waals surface area (Å²) >= 11 is 0. The van der Waals surface area contributed by atoms with Gasteiger partial charge in [-0.1, -0.05) is 26.7 Å². The van der Waals surface area contributed by atoms with Gasteiger partial charge in [0, 0.05) is 0 Å². The Morgan fingerprint density at radius 1 is 1.18 bits per heavy atom. The van der Waals surface area contributed by atoms with E-state index >= 15 is 0 Å². The maximum Gasteiger partial charge on any atom is 0.154 e. The Morgan fingerprint density at radius 2 is 1.82 bits per heavy atom. The average Bonchev–Trinajstić information content (AvgIpc) is 1.97. The molecule has 0 unspecified atom stereocenters. The molecule has 0 saturated heterocycles. The second kappa shape index (κ2) is 5.58. The zero-order valence-electron chi connectivity index (χ0n) is 7.34. The van der Waals surface area contributed by atoms with E-state index in [0.29, 0.717) is 12.2 Å². The molecule has 0 aliphatic carbocycles. The molecular weight excluding hydrogens is 160 g/mol. The molecule has 0 heterocycles. The standard InChI is InChI=1S/C8H17O2S/c1-3-5-7-11(9,10)8-6-4-2/h7H,3-6,8H2,1-2H3. The number of rotatable bonds is 6. The van der Waals surface area contributed by atoms with Gasteiger partial charge in [0.25, 0.3) is 0 Å². The zero-order valence-corrected chi connectivity index (χ0v) is 8.15. The minimum atomic E-state index is -2.83. The molecule has 0 fully saturated rings. The lowest BCUT2D eigenvalue weighted by Gasteiger charge is -1.99. The van der Waals surface area contributed by atoms with E-state index in [-0.39, 0.29) is 0 Å². The summed E-state index contributed by atoms with van der Waals surface area (Å²) in [5.74, 6) is 1.77. The fourth-order valence-corrected chi connectivity index (χ4v) is 2.18. The molecule has 0 spiro atoms. The van der Waals surface area contributed by atoms with Crippen LogP contribution in [0.25, 0.3) is 0 Å². The molecule has 0 saturated carbocycles. The van der Waals surface area contributed by atoms with Gasteiger partial charge in [-0.05, 0) is 12.8 Å². The van der Waals surface area contributed by atoms with Crippen LogP contribution >= 0.6 is 0 Å². The Bertz CT molecular complexity index is 157. The van der Waals surface area contributed by atoms with Gasteiger partial charge in [0.2, 0.25) is 0 Å². The van der Waals surface area contributed by atoms with Crippen LogP contribution in [-0.2, 0) is 9.84 Å². The lowest BCUT2D eigenvalue weighted by molar-refractivity contribution is 0.595. The largest absolute Gasteiger partial charge is 0.229 e. The number of unbranched alkanes of at least 4 members (excludes halogenated alkanes) is 2. The van der Waals surface area contributed by atoms with Crippen LogP contribution in [0.5, 0.6) is 0 Å². The van der Waals surface area contributed by atoms with Gasteiger partial charge in [0.15, 0.2) is 9.84 Å². The van der Waals surface area contributed by atoms with Crippen molar-refractivity contribution in [2.24, 2.45) is 0 Å². The third-order valence-corrected chi connectivity index (χ3v) is 3.04. The van der Waals surface area contributed by atoms with Crippen molar-refractivity contribution >= 4 is 9.84 Å². The molecule has 0 aromatic heterocycles. The molecule has 0 aromatic rings. The van der Waals surface area contributed by atoms with Crippen LogP contribution in [0.3, 0.4) is 0 Å². The number of hydrogen-bond donors (Lipinski definition) is 0. The minimum absolute atomic E-state index is 0.323. The van der Waals surface area contributed by atoms with Gasteiger partial charge in [0.1, 0.15) is 0 Å². The molecule has 0 amide bonds. The van der Waals surface area contributed by atoms with Crippen LogP contribution in [0, 0.1) is 5.75 Å². The second-order valence-corrected chi connectivity index (χ2v) is 4.74. The smallest absolute Gasteiger partial charge is 0.154 e. The second-order valence-electron chi connectivity index (χ2n) is 2.68. The fourth-order valence-electron chi connectivity index (χ4n) is 0.726. The third-order valence-electron chi connectivity index (χ3n) is 1.44. The van der Waals surface area contributed by atoms with Gasteiger partial charge in [0.05, 0.1) is 11.5 Å². The summed E-state index contributed by atoms with van der Waals surface area (Å²) in [6.07, 6.45) is 3.32. The van der Waals surface area contributed by atoms with E-state index < -0.39 is 9.84 Å². The molecule has 1 radical (unpaired) electrons. The Balaban J connectivity index is 3.63. The van der Waals surface area contributed by atoms with E-state index in [1.54, 1.807) is 0 Å². The van der Waals surface area contributed by atoms with E-state index in [4.69, 9.17) is 0 Å². The Labute approximate surface area is 69.9 Å². The van der Waals surface area contributed by atoms with Crippen LogP contribution in [-0.4, -0.2) is 14.2 Å². The lowest BCUT2D eigenvalue weighted by Crippen LogP contribution is -2.05. The van der Waals surface area contributed by atoms with E-state index in [2.05, 4.69) is 0 Å². The highest BCUT2D eigenvalue weighted by Crippen LogP contribution is 2.05. The Kier molecular flexibility index (Phi) is 5.56. The van der Waals surface area contributed by atoms with Gasteiger partial charge in [-0.3, -0.25) is 0 Å². The lowest BCUT2D eigenvalue weighted by atomic mass is 10.4. The van der Waals surface area contributed by atoms with E-state index in [1.807, 2.05) is 13.8 Å². The van der Waals surface area contributed by atoms with Crippen LogP contribution in [0.1, 0.15) is 39.5 Å². The number of sulfone groups is 1. The van der Waals surface area contributed by atoms with Crippen LogP contribution in [0.4, 0.5) is 0 Å². The first-order chi connectivity index (χ1) is 5.12. The summed E-state index contributed by atoms with van der Waals surface area (Å²) in [6.45, 7) is 3.97. The van der Waals surface area contributed by atoms with Crippen molar-refractivity contribution in [3.8, 4) is 0 Å². The molecule has 0 aromatic carbocycles. The van der Waals surface area contributed by atoms with E-state index in [1.165, 1.54) is 5.75 Å². The molecular formula is C8H17O2S. The highest BCUT2D eigenvalue weighted by molar-refractivity contribution is 7.93. The highest BCUT2D eigenvalue weighted by Gasteiger charge is 2.08. The zero-order chi connectivity index (χ0) is 8.74. The summed E-state index contributed by atoms with van der Waals surface area (Å²) < 4.78 is 22.2. The predicted molar refractivity (Wildman–Crippen MR) is 47.9 cm³/mol. The van der Waals surface area contributed by atoms with Gasteiger partial charge in [-0.15, -0.1) is 0 Å². The molecule has 0 N–H and O–H groups in total. The van der Waals surface area contributed by atoms with Crippen LogP contribution in [0.15, 0.2) is 0 Å². The third kappa shape index (κ3) is 6.35. The first-order valence-electron chi connectivity index (χ1n) is 4.18. The van der Waals surface area contributed by atoms with Crippen molar-refractivity contribution in [2.45, 2.75) is 39.5 Å². The summed E-state index contributed by atoms with van der Waals surface area (Å²) in [5, 5.41) is 0. The minimum Gasteiger partial charge on any atom is -0.229 e. The summed E-state index contributed by atoms with van der Waals surface area (Å²) in [7, 11) is -2.83. The predicted octanol–water partition coefficient (Wildman–Crippen LogP) is 2.16. The highest BCUT2D eigenvalue weighted by atomic mass is 32.2. The van der Waals surface area contributed by atoms with Crippen molar-refractivity contribution < 1.29 is 8.42 Å². The molecule has 0 aliphatic heterocycles. The molecule has 67 valence electrons. The summed E-state index contributed by atoms with van der Waals surface area (Å²) in [4.78, 5) is 0. The molecule has 0 atom stereocenters. The molecule has 0 rings (SSSR count). The summed E-state index contributed by atoms with van der Waals surface area (Å²) in [6, 6.07) is 0. The van der Waals surface area contributed by atoms with Crippen molar-refractivity contribution in [1.29, 1.82) is 0 Å². The molecule has 0 aliphatic rings. The topological polar surface area (TPSA) is 34.1 Å². The van der Waals surface area contributed by atoms with Gasteiger partial charge >= 0.3 is 0 Å². The monoisotopic (exact) mass is 177 g/mol. The average molecular weight is 177 g/mol. The van der Waals surface area contributed by atoms with Crippen molar-refractivity contribution in [3.63, 3.8) is 0 Å². The summed E-state index contributed by atoms with van der Waals surface area (Å²) in [5.41, 5.74) is 0. The maximum atomic E-state index is 11.1. The molecule has 11 heavy (non-hydrogen) atoms. The number of hydrogen-bond acceptors (Lipinski definition) is 2. The van der Waals surface area contributed by atoms with E-state index in [9.17, 15) is 8.42 Å². The van der Waals surface area contributed by atoms with Crippen molar-refractivity contribution in [2.75, 3.05) is 5.75 Å². The fraction of sp³-hybridized carbons (Fsp3) is 0.875. The van der Waals surface area contributed by atoms with Crippen molar-refractivity contribution in [1.82, 2.24) is 0 Å². The SMILES string of the molecule is CCC[CH]S(=O)(=O)CCCC. The quantitative estimate of drug-likeness (QED) is 0.623. The van der Waals surface area contributed by atoms with Crippen LogP contribution in [0.2, 0.25) is 0 Å². The Morgan fingerprint density at radius 3 is 2.27 bits per heavy atom. The first-order valence-corrected chi connectivity index (χ1v) is 5.90. The van der Waals surface area contributed by atoms with E-state index in [0.717, 1.165) is 19.3 Å². The maximum absolute atomic E-state index is 11.1. The molecule has 2 nitrogen and oxygen atoms in total. The van der Waals surface area contributed by atoms with Gasteiger partial charge in [-0.2, -0.15) is 0 Å². The van der Waals surface area contributed by atoms with Crippen molar-refractivity contribution in [3.05, 3.63) is 5.75 Å². The Hall–Kier alpha value is -0.0500. The molecule has 0 bridgehead atoms. The first kappa shape index (κ1) is 11.0. The van der Waals surface area contributed by atoms with Crippen LogP contribution < -0.4 is 0 Å².